The lowest BCUT2D eigenvalue weighted by molar-refractivity contribution is 0.0548. The molecule has 1 rings (SSSR count). The molecule has 1 N–H and O–H groups in total. The number of amides is 1. The van der Waals surface area contributed by atoms with Gasteiger partial charge in [-0.3, -0.25) is 0 Å². The van der Waals surface area contributed by atoms with Gasteiger partial charge in [0.15, 0.2) is 0 Å². The predicted octanol–water partition coefficient (Wildman–Crippen LogP) is 1.30. The number of likely N-dealkylation sites (tertiary alicyclic amines) is 1. The topological polar surface area (TPSA) is 41.6 Å². The number of hydroxylamine groups is 1. The minimum atomic E-state index is -0.276. The Hall–Kier alpha value is -1.03. The van der Waals surface area contributed by atoms with Crippen molar-refractivity contribution in [3.8, 4) is 0 Å². The van der Waals surface area contributed by atoms with E-state index in [2.05, 4.69) is 12.1 Å². The van der Waals surface area contributed by atoms with E-state index in [1.54, 1.807) is 11.0 Å². The minimum Gasteiger partial charge on any atom is -0.353 e. The summed E-state index contributed by atoms with van der Waals surface area (Å²) < 4.78 is 0. The van der Waals surface area contributed by atoms with Crippen molar-refractivity contribution in [2.75, 3.05) is 19.6 Å². The molecule has 0 saturated carbocycles. The summed E-state index contributed by atoms with van der Waals surface area (Å²) in [6.45, 7) is 5.62. The van der Waals surface area contributed by atoms with Gasteiger partial charge < -0.3 is 9.74 Å². The number of nitrogens with one attached hydrogen (secondary N) is 1. The number of hydrogen-bond donors (Lipinski definition) is 1. The summed E-state index contributed by atoms with van der Waals surface area (Å²) in [7, 11) is 0. The van der Waals surface area contributed by atoms with E-state index in [1.807, 2.05) is 0 Å². The van der Waals surface area contributed by atoms with Crippen molar-refractivity contribution in [1.82, 2.24) is 10.4 Å². The van der Waals surface area contributed by atoms with Gasteiger partial charge in [-0.2, -0.15) is 0 Å². The highest BCUT2D eigenvalue weighted by Crippen LogP contribution is 2.08. The molecule has 4 nitrogen and oxygen atoms in total. The zero-order valence-corrected chi connectivity index (χ0v) is 7.79. The normalized spacial score (nSPS) is 16.8. The summed E-state index contributed by atoms with van der Waals surface area (Å²) in [6, 6.07) is 0. The van der Waals surface area contributed by atoms with E-state index in [-0.39, 0.29) is 6.09 Å². The fraction of sp³-hybridized carbons (Fsp3) is 0.667. The third-order valence-electron chi connectivity index (χ3n) is 2.00. The van der Waals surface area contributed by atoms with Crippen molar-refractivity contribution < 1.29 is 9.63 Å². The second-order valence-electron chi connectivity index (χ2n) is 3.05. The molecule has 0 radical (unpaired) electrons. The Morgan fingerprint density at radius 3 is 2.77 bits per heavy atom. The number of carbonyl (C=O) groups excluding carboxylic acids is 1. The molecule has 13 heavy (non-hydrogen) atoms. The first-order chi connectivity index (χ1) is 6.34. The van der Waals surface area contributed by atoms with Crippen LogP contribution < -0.4 is 5.48 Å². The van der Waals surface area contributed by atoms with Gasteiger partial charge in [-0.25, -0.2) is 4.79 Å². The van der Waals surface area contributed by atoms with Crippen molar-refractivity contribution in [3.63, 3.8) is 0 Å². The fourth-order valence-electron chi connectivity index (χ4n) is 1.30. The molecule has 0 unspecified atom stereocenters. The molecule has 1 aliphatic rings. The van der Waals surface area contributed by atoms with Gasteiger partial charge >= 0.3 is 6.09 Å². The Kier molecular flexibility index (Phi) is 4.32. The Balaban J connectivity index is 2.17. The van der Waals surface area contributed by atoms with E-state index in [0.29, 0.717) is 6.54 Å². The van der Waals surface area contributed by atoms with Gasteiger partial charge in [0.25, 0.3) is 0 Å². The monoisotopic (exact) mass is 184 g/mol. The largest absolute Gasteiger partial charge is 0.428 e. The van der Waals surface area contributed by atoms with E-state index in [0.717, 1.165) is 25.9 Å². The zero-order chi connectivity index (χ0) is 9.52. The summed E-state index contributed by atoms with van der Waals surface area (Å²) >= 11 is 0. The molecule has 0 aromatic rings. The predicted molar refractivity (Wildman–Crippen MR) is 50.1 cm³/mol. The van der Waals surface area contributed by atoms with Gasteiger partial charge in [-0.05, 0) is 19.3 Å². The Bertz CT molecular complexity index is 176. The molecule has 0 spiro atoms. The molecule has 0 aliphatic carbocycles. The van der Waals surface area contributed by atoms with Crippen LogP contribution in [-0.4, -0.2) is 30.6 Å². The van der Waals surface area contributed by atoms with Crippen molar-refractivity contribution in [2.24, 2.45) is 0 Å². The van der Waals surface area contributed by atoms with Crippen molar-refractivity contribution in [3.05, 3.63) is 12.7 Å². The molecular formula is C9H16N2O2. The van der Waals surface area contributed by atoms with Crippen LogP contribution in [0, 0.1) is 0 Å². The average Bonchev–Trinajstić information content (AvgIpc) is 2.19. The smallest absolute Gasteiger partial charge is 0.353 e. The SMILES string of the molecule is C=CCNOC(=O)N1CCCCC1. The van der Waals surface area contributed by atoms with Crippen LogP contribution in [0.3, 0.4) is 0 Å². The molecule has 1 aliphatic heterocycles. The summed E-state index contributed by atoms with van der Waals surface area (Å²) in [5.74, 6) is 0. The summed E-state index contributed by atoms with van der Waals surface area (Å²) in [5, 5.41) is 0. The maximum Gasteiger partial charge on any atom is 0.428 e. The Morgan fingerprint density at radius 1 is 1.46 bits per heavy atom. The second kappa shape index (κ2) is 5.59. The van der Waals surface area contributed by atoms with E-state index in [9.17, 15) is 4.79 Å². The molecule has 1 amide bonds. The third-order valence-corrected chi connectivity index (χ3v) is 2.00. The summed E-state index contributed by atoms with van der Waals surface area (Å²) in [5.41, 5.74) is 2.52. The number of rotatable bonds is 3. The molecule has 0 bridgehead atoms. The first-order valence-electron chi connectivity index (χ1n) is 4.64. The maximum absolute atomic E-state index is 11.3. The number of carbonyl (C=O) groups is 1. The highest BCUT2D eigenvalue weighted by molar-refractivity contribution is 5.67. The van der Waals surface area contributed by atoms with Crippen LogP contribution in [0.1, 0.15) is 19.3 Å². The van der Waals surface area contributed by atoms with Crippen molar-refractivity contribution in [2.45, 2.75) is 19.3 Å². The van der Waals surface area contributed by atoms with E-state index in [4.69, 9.17) is 4.84 Å². The minimum absolute atomic E-state index is 0.276. The number of piperidine rings is 1. The van der Waals surface area contributed by atoms with Crippen LogP contribution in [0.15, 0.2) is 12.7 Å². The quantitative estimate of drug-likeness (QED) is 0.408. The molecule has 1 fully saturated rings. The Labute approximate surface area is 78.5 Å². The van der Waals surface area contributed by atoms with Gasteiger partial charge in [0.2, 0.25) is 0 Å². The van der Waals surface area contributed by atoms with Gasteiger partial charge in [0.1, 0.15) is 0 Å². The standard InChI is InChI=1S/C9H16N2O2/c1-2-6-10-13-9(12)11-7-4-3-5-8-11/h2,10H,1,3-8H2. The molecule has 1 heterocycles. The molecule has 0 atom stereocenters. The van der Waals surface area contributed by atoms with Crippen LogP contribution in [0.5, 0.6) is 0 Å². The maximum atomic E-state index is 11.3. The lowest BCUT2D eigenvalue weighted by atomic mass is 10.1. The van der Waals surface area contributed by atoms with Gasteiger partial charge in [-0.1, -0.05) is 6.08 Å². The van der Waals surface area contributed by atoms with Crippen LogP contribution in [0.2, 0.25) is 0 Å². The highest BCUT2D eigenvalue weighted by Gasteiger charge is 2.17. The summed E-state index contributed by atoms with van der Waals surface area (Å²) in [6.07, 6.45) is 4.74. The molecule has 74 valence electrons. The van der Waals surface area contributed by atoms with Gasteiger partial charge in [-0.15, -0.1) is 12.1 Å². The van der Waals surface area contributed by atoms with Crippen LogP contribution in [-0.2, 0) is 4.84 Å². The average molecular weight is 184 g/mol. The van der Waals surface area contributed by atoms with Crippen molar-refractivity contribution >= 4 is 6.09 Å². The van der Waals surface area contributed by atoms with Crippen molar-refractivity contribution in [1.29, 1.82) is 0 Å². The number of hydrogen-bond acceptors (Lipinski definition) is 3. The van der Waals surface area contributed by atoms with E-state index < -0.39 is 0 Å². The lowest BCUT2D eigenvalue weighted by Gasteiger charge is -2.25. The summed E-state index contributed by atoms with van der Waals surface area (Å²) in [4.78, 5) is 17.8. The van der Waals surface area contributed by atoms with E-state index in [1.165, 1.54) is 6.42 Å². The third kappa shape index (κ3) is 3.46. The van der Waals surface area contributed by atoms with Crippen LogP contribution >= 0.6 is 0 Å². The molecule has 4 heteroatoms. The first-order valence-corrected chi connectivity index (χ1v) is 4.64. The molecular weight excluding hydrogens is 168 g/mol. The number of nitrogens with zero attached hydrogens (tertiary/aromatic N) is 1. The van der Waals surface area contributed by atoms with Crippen LogP contribution in [0.4, 0.5) is 4.79 Å². The zero-order valence-electron chi connectivity index (χ0n) is 7.79. The second-order valence-corrected chi connectivity index (χ2v) is 3.05. The molecule has 1 saturated heterocycles. The Morgan fingerprint density at radius 2 is 2.15 bits per heavy atom. The molecule has 0 aromatic heterocycles. The van der Waals surface area contributed by atoms with Crippen LogP contribution in [0.25, 0.3) is 0 Å². The lowest BCUT2D eigenvalue weighted by Crippen LogP contribution is -2.38. The van der Waals surface area contributed by atoms with Gasteiger partial charge in [0.05, 0.1) is 0 Å². The first kappa shape index (κ1) is 10.1. The van der Waals surface area contributed by atoms with E-state index >= 15 is 0 Å². The molecule has 0 aromatic carbocycles. The van der Waals surface area contributed by atoms with Gasteiger partial charge in [0, 0.05) is 19.6 Å². The highest BCUT2D eigenvalue weighted by atomic mass is 16.7. The fourth-order valence-corrected chi connectivity index (χ4v) is 1.30.